The zero-order valence-corrected chi connectivity index (χ0v) is 9.90. The summed E-state index contributed by atoms with van der Waals surface area (Å²) in [6.45, 7) is 0.392. The minimum atomic E-state index is -0.202. The number of hydrogen-bond acceptors (Lipinski definition) is 4. The van der Waals surface area contributed by atoms with E-state index < -0.39 is 0 Å². The molecule has 0 atom stereocenters. The van der Waals surface area contributed by atoms with E-state index in [0.29, 0.717) is 18.1 Å². The third-order valence-electron chi connectivity index (χ3n) is 2.22. The van der Waals surface area contributed by atoms with Gasteiger partial charge in [0.2, 0.25) is 11.8 Å². The number of carbonyl (C=O) groups excluding carboxylic acids is 2. The van der Waals surface area contributed by atoms with Crippen molar-refractivity contribution in [1.29, 1.82) is 0 Å². The van der Waals surface area contributed by atoms with Crippen LogP contribution in [0.5, 0.6) is 0 Å². The molecule has 1 aliphatic heterocycles. The Kier molecular flexibility index (Phi) is 3.87. The number of thioether (sulfide) groups is 1. The first-order valence-electron chi connectivity index (χ1n) is 5.12. The Morgan fingerprint density at radius 2 is 2.47 bits per heavy atom. The number of rotatable bonds is 4. The molecule has 2 heterocycles. The Labute approximate surface area is 103 Å². The minimum Gasteiger partial charge on any atom is -0.467 e. The Balaban J connectivity index is 1.79. The van der Waals surface area contributed by atoms with Gasteiger partial charge in [0.05, 0.1) is 18.6 Å². The van der Waals surface area contributed by atoms with Crippen molar-refractivity contribution < 1.29 is 14.0 Å². The van der Waals surface area contributed by atoms with E-state index in [1.807, 2.05) is 0 Å². The zero-order valence-electron chi connectivity index (χ0n) is 9.09. The summed E-state index contributed by atoms with van der Waals surface area (Å²) >= 11 is 1.43. The van der Waals surface area contributed by atoms with Gasteiger partial charge in [-0.2, -0.15) is 0 Å². The summed E-state index contributed by atoms with van der Waals surface area (Å²) in [6.07, 6.45) is 3.18. The van der Waals surface area contributed by atoms with Crippen molar-refractivity contribution in [3.05, 3.63) is 35.8 Å². The maximum atomic E-state index is 11.6. The van der Waals surface area contributed by atoms with Gasteiger partial charge in [-0.3, -0.25) is 9.59 Å². The Morgan fingerprint density at radius 3 is 3.18 bits per heavy atom. The van der Waals surface area contributed by atoms with E-state index in [1.165, 1.54) is 16.7 Å². The second-order valence-electron chi connectivity index (χ2n) is 3.47. The standard InChI is InChI=1S/C11H12N2O3S/c14-10(12-6-9-2-1-4-16-9)7-13-3-5-17-8-11(13)15/h1-5H,6-8H2,(H,12,14). The highest BCUT2D eigenvalue weighted by Crippen LogP contribution is 2.11. The van der Waals surface area contributed by atoms with Crippen LogP contribution >= 0.6 is 11.8 Å². The van der Waals surface area contributed by atoms with E-state index >= 15 is 0 Å². The topological polar surface area (TPSA) is 62.6 Å². The van der Waals surface area contributed by atoms with E-state index in [4.69, 9.17) is 4.42 Å². The quantitative estimate of drug-likeness (QED) is 0.866. The molecule has 17 heavy (non-hydrogen) atoms. The average Bonchev–Trinajstić information content (AvgIpc) is 2.82. The fraction of sp³-hybridized carbons (Fsp3) is 0.273. The molecule has 0 aromatic carbocycles. The summed E-state index contributed by atoms with van der Waals surface area (Å²) in [4.78, 5) is 24.4. The Morgan fingerprint density at radius 1 is 1.59 bits per heavy atom. The lowest BCUT2D eigenvalue weighted by molar-refractivity contribution is -0.131. The van der Waals surface area contributed by atoms with E-state index in [1.54, 1.807) is 30.0 Å². The normalized spacial score (nSPS) is 15.1. The average molecular weight is 252 g/mol. The molecule has 2 amide bonds. The number of hydrogen-bond donors (Lipinski definition) is 1. The van der Waals surface area contributed by atoms with Gasteiger partial charge in [0.25, 0.3) is 0 Å². The molecule has 0 bridgehead atoms. The van der Waals surface area contributed by atoms with Crippen molar-refractivity contribution in [3.63, 3.8) is 0 Å². The fourth-order valence-electron chi connectivity index (χ4n) is 1.35. The maximum absolute atomic E-state index is 11.6. The second-order valence-corrected chi connectivity index (χ2v) is 4.37. The molecule has 0 aliphatic carbocycles. The van der Waals surface area contributed by atoms with Crippen molar-refractivity contribution in [2.75, 3.05) is 12.3 Å². The van der Waals surface area contributed by atoms with Crippen LogP contribution in [-0.4, -0.2) is 29.0 Å². The molecule has 6 heteroatoms. The van der Waals surface area contributed by atoms with Crippen LogP contribution in [0.25, 0.3) is 0 Å². The van der Waals surface area contributed by atoms with E-state index in [0.717, 1.165) is 0 Å². The fourth-order valence-corrected chi connectivity index (χ4v) is 1.99. The molecule has 0 saturated carbocycles. The van der Waals surface area contributed by atoms with Crippen LogP contribution in [0.1, 0.15) is 5.76 Å². The predicted molar refractivity (Wildman–Crippen MR) is 63.9 cm³/mol. The molecular formula is C11H12N2O3S. The molecule has 0 fully saturated rings. The Bertz CT molecular complexity index is 428. The summed E-state index contributed by atoms with van der Waals surface area (Å²) in [7, 11) is 0. The van der Waals surface area contributed by atoms with E-state index in [9.17, 15) is 9.59 Å². The van der Waals surface area contributed by atoms with Crippen molar-refractivity contribution in [2.45, 2.75) is 6.54 Å². The SMILES string of the molecule is O=C(CN1C=CSCC1=O)NCc1ccco1. The summed E-state index contributed by atoms with van der Waals surface area (Å²) in [6, 6.07) is 3.54. The summed E-state index contributed by atoms with van der Waals surface area (Å²) in [5, 5.41) is 4.49. The number of carbonyl (C=O) groups is 2. The lowest BCUT2D eigenvalue weighted by atomic mass is 10.4. The maximum Gasteiger partial charge on any atom is 0.240 e. The molecule has 0 radical (unpaired) electrons. The summed E-state index contributed by atoms with van der Waals surface area (Å²) < 4.78 is 5.08. The predicted octanol–water partition coefficient (Wildman–Crippen LogP) is 0.942. The molecule has 90 valence electrons. The van der Waals surface area contributed by atoms with Crippen LogP contribution in [0.3, 0.4) is 0 Å². The third-order valence-corrected chi connectivity index (χ3v) is 2.95. The van der Waals surface area contributed by atoms with Crippen LogP contribution < -0.4 is 5.32 Å². The lowest BCUT2D eigenvalue weighted by Gasteiger charge is -2.20. The van der Waals surface area contributed by atoms with Gasteiger partial charge in [-0.1, -0.05) is 0 Å². The number of furan rings is 1. The van der Waals surface area contributed by atoms with Gasteiger partial charge < -0.3 is 14.6 Å². The van der Waals surface area contributed by atoms with Crippen molar-refractivity contribution in [3.8, 4) is 0 Å². The molecule has 0 spiro atoms. The first-order chi connectivity index (χ1) is 8.25. The van der Waals surface area contributed by atoms with Crippen LogP contribution in [0.15, 0.2) is 34.4 Å². The summed E-state index contributed by atoms with van der Waals surface area (Å²) in [5.41, 5.74) is 0. The number of nitrogens with zero attached hydrogens (tertiary/aromatic N) is 1. The van der Waals surface area contributed by atoms with Crippen LogP contribution in [0.2, 0.25) is 0 Å². The molecular weight excluding hydrogens is 240 g/mol. The first-order valence-corrected chi connectivity index (χ1v) is 6.17. The molecule has 2 rings (SSSR count). The highest BCUT2D eigenvalue weighted by molar-refractivity contribution is 8.02. The molecule has 0 saturated heterocycles. The third kappa shape index (κ3) is 3.39. The summed E-state index contributed by atoms with van der Waals surface area (Å²) in [5.74, 6) is 0.827. The zero-order chi connectivity index (χ0) is 12.1. The van der Waals surface area contributed by atoms with Crippen LogP contribution in [0, 0.1) is 0 Å². The Hall–Kier alpha value is -1.69. The molecule has 1 aliphatic rings. The molecule has 1 aromatic heterocycles. The van der Waals surface area contributed by atoms with Gasteiger partial charge >= 0.3 is 0 Å². The largest absolute Gasteiger partial charge is 0.467 e. The molecule has 5 nitrogen and oxygen atoms in total. The van der Waals surface area contributed by atoms with Gasteiger partial charge in [0.15, 0.2) is 0 Å². The van der Waals surface area contributed by atoms with Gasteiger partial charge in [-0.25, -0.2) is 0 Å². The first kappa shape index (κ1) is 11.8. The smallest absolute Gasteiger partial charge is 0.240 e. The number of amides is 2. The second kappa shape index (κ2) is 5.58. The number of nitrogens with one attached hydrogen (secondary N) is 1. The minimum absolute atomic E-state index is 0.0503. The van der Waals surface area contributed by atoms with Gasteiger partial charge in [0, 0.05) is 6.20 Å². The lowest BCUT2D eigenvalue weighted by Crippen LogP contribution is -2.39. The van der Waals surface area contributed by atoms with Crippen LogP contribution in [0.4, 0.5) is 0 Å². The molecule has 0 unspecified atom stereocenters. The molecule has 1 N–H and O–H groups in total. The highest BCUT2D eigenvalue weighted by Gasteiger charge is 2.17. The van der Waals surface area contributed by atoms with E-state index in [2.05, 4.69) is 5.32 Å². The van der Waals surface area contributed by atoms with E-state index in [-0.39, 0.29) is 18.4 Å². The van der Waals surface area contributed by atoms with Crippen LogP contribution in [-0.2, 0) is 16.1 Å². The van der Waals surface area contributed by atoms with Gasteiger partial charge in [-0.15, -0.1) is 11.8 Å². The monoisotopic (exact) mass is 252 g/mol. The van der Waals surface area contributed by atoms with Crippen molar-refractivity contribution >= 4 is 23.6 Å². The highest BCUT2D eigenvalue weighted by atomic mass is 32.2. The van der Waals surface area contributed by atoms with Gasteiger partial charge in [0.1, 0.15) is 12.3 Å². The van der Waals surface area contributed by atoms with Crippen molar-refractivity contribution in [1.82, 2.24) is 10.2 Å². The molecule has 1 aromatic rings. The van der Waals surface area contributed by atoms with Crippen molar-refractivity contribution in [2.24, 2.45) is 0 Å². The van der Waals surface area contributed by atoms with Gasteiger partial charge in [-0.05, 0) is 17.5 Å².